The van der Waals surface area contributed by atoms with E-state index < -0.39 is 23.8 Å². The van der Waals surface area contributed by atoms with Crippen molar-refractivity contribution in [3.63, 3.8) is 0 Å². The van der Waals surface area contributed by atoms with Gasteiger partial charge in [-0.2, -0.15) is 10.2 Å². The van der Waals surface area contributed by atoms with Gasteiger partial charge in [0.2, 0.25) is 11.8 Å². The molecule has 0 atom stereocenters. The predicted molar refractivity (Wildman–Crippen MR) is 112 cm³/mol. The predicted octanol–water partition coefficient (Wildman–Crippen LogP) is 1.85. The number of nitrogens with one attached hydrogen (secondary N) is 2. The minimum atomic E-state index is -1.10. The Kier molecular flexibility index (Phi) is 8.59. The highest BCUT2D eigenvalue weighted by molar-refractivity contribution is 5.99. The standard InChI is InChI=1S/C21H20N4O6/c26-18(24-22-12-14-6-1-3-8-16(14)20(28)29)10-5-11-19(27)25-23-13-15-7-2-4-9-17(15)21(30)31/h1-4,6-9,12-13H,5,10-11H2,(H,24,26)(H,25,27)(H,28,29)(H,30,31)/b22-12+,23-13?. The van der Waals surface area contributed by atoms with E-state index in [1.807, 2.05) is 0 Å². The van der Waals surface area contributed by atoms with Gasteiger partial charge in [-0.1, -0.05) is 36.4 Å². The Hall–Kier alpha value is -4.34. The molecule has 0 saturated carbocycles. The van der Waals surface area contributed by atoms with Gasteiger partial charge in [-0.05, 0) is 18.6 Å². The zero-order valence-electron chi connectivity index (χ0n) is 16.3. The van der Waals surface area contributed by atoms with Crippen LogP contribution in [0.2, 0.25) is 0 Å². The average Bonchev–Trinajstić information content (AvgIpc) is 2.74. The molecular formula is C21H20N4O6. The van der Waals surface area contributed by atoms with E-state index in [9.17, 15) is 19.2 Å². The summed E-state index contributed by atoms with van der Waals surface area (Å²) < 4.78 is 0. The molecule has 0 heterocycles. The number of carboxylic acids is 2. The van der Waals surface area contributed by atoms with Crippen molar-refractivity contribution in [1.29, 1.82) is 0 Å². The molecule has 0 radical (unpaired) electrons. The molecule has 10 nitrogen and oxygen atoms in total. The number of aromatic carboxylic acids is 2. The molecule has 0 spiro atoms. The number of amides is 2. The summed E-state index contributed by atoms with van der Waals surface area (Å²) in [5.74, 6) is -3.08. The Labute approximate surface area is 177 Å². The summed E-state index contributed by atoms with van der Waals surface area (Å²) in [7, 11) is 0. The SMILES string of the molecule is O=C(CCCC(=O)N/N=C/c1ccccc1C(=O)O)NN=Cc1ccccc1C(=O)O. The quantitative estimate of drug-likeness (QED) is 0.337. The largest absolute Gasteiger partial charge is 0.478 e. The van der Waals surface area contributed by atoms with Crippen LogP contribution in [0, 0.1) is 0 Å². The van der Waals surface area contributed by atoms with Crippen molar-refractivity contribution in [2.24, 2.45) is 10.2 Å². The first-order chi connectivity index (χ1) is 14.9. The van der Waals surface area contributed by atoms with E-state index in [-0.39, 0.29) is 30.4 Å². The van der Waals surface area contributed by atoms with Crippen molar-refractivity contribution in [2.45, 2.75) is 19.3 Å². The van der Waals surface area contributed by atoms with Crippen molar-refractivity contribution in [3.8, 4) is 0 Å². The second-order valence-electron chi connectivity index (χ2n) is 6.22. The zero-order valence-corrected chi connectivity index (χ0v) is 16.3. The number of hydrogen-bond acceptors (Lipinski definition) is 6. The maximum Gasteiger partial charge on any atom is 0.336 e. The summed E-state index contributed by atoms with van der Waals surface area (Å²) in [4.78, 5) is 45.8. The third kappa shape index (κ3) is 7.54. The van der Waals surface area contributed by atoms with Gasteiger partial charge < -0.3 is 10.2 Å². The molecule has 10 heteroatoms. The van der Waals surface area contributed by atoms with Crippen LogP contribution in [0.4, 0.5) is 0 Å². The Bertz CT molecular complexity index is 951. The molecule has 0 saturated heterocycles. The van der Waals surface area contributed by atoms with Crippen LogP contribution in [0.15, 0.2) is 58.7 Å². The highest BCUT2D eigenvalue weighted by Crippen LogP contribution is 2.07. The first-order valence-corrected chi connectivity index (χ1v) is 9.17. The highest BCUT2D eigenvalue weighted by atomic mass is 16.4. The summed E-state index contributed by atoms with van der Waals surface area (Å²) in [6.45, 7) is 0. The summed E-state index contributed by atoms with van der Waals surface area (Å²) in [6, 6.07) is 12.4. The van der Waals surface area contributed by atoms with E-state index in [0.29, 0.717) is 11.1 Å². The van der Waals surface area contributed by atoms with Gasteiger partial charge >= 0.3 is 11.9 Å². The Morgan fingerprint density at radius 2 is 1.10 bits per heavy atom. The molecule has 0 aromatic heterocycles. The lowest BCUT2D eigenvalue weighted by atomic mass is 10.1. The number of hydrazone groups is 2. The molecule has 2 aromatic rings. The molecule has 2 amide bonds. The monoisotopic (exact) mass is 424 g/mol. The average molecular weight is 424 g/mol. The molecule has 2 rings (SSSR count). The number of carboxylic acid groups (broad SMARTS) is 2. The van der Waals surface area contributed by atoms with E-state index in [2.05, 4.69) is 21.1 Å². The lowest BCUT2D eigenvalue weighted by Gasteiger charge is -2.02. The van der Waals surface area contributed by atoms with Gasteiger partial charge in [0.1, 0.15) is 0 Å². The van der Waals surface area contributed by atoms with Crippen LogP contribution < -0.4 is 10.9 Å². The lowest BCUT2D eigenvalue weighted by Crippen LogP contribution is -2.20. The number of hydrogen-bond donors (Lipinski definition) is 4. The number of carbonyl (C=O) groups excluding carboxylic acids is 2. The van der Waals surface area contributed by atoms with Crippen LogP contribution in [0.5, 0.6) is 0 Å². The molecule has 0 aliphatic rings. The van der Waals surface area contributed by atoms with Gasteiger partial charge in [-0.3, -0.25) is 9.59 Å². The van der Waals surface area contributed by atoms with Gasteiger partial charge in [-0.15, -0.1) is 0 Å². The zero-order chi connectivity index (χ0) is 22.6. The molecule has 0 bridgehead atoms. The fraction of sp³-hybridized carbons (Fsp3) is 0.143. The second kappa shape index (κ2) is 11.6. The summed E-state index contributed by atoms with van der Waals surface area (Å²) in [6.07, 6.45) is 2.75. The van der Waals surface area contributed by atoms with Crippen LogP contribution in [-0.2, 0) is 9.59 Å². The number of nitrogens with zero attached hydrogens (tertiary/aromatic N) is 2. The van der Waals surface area contributed by atoms with E-state index in [1.165, 1.54) is 24.6 Å². The van der Waals surface area contributed by atoms with Gasteiger partial charge in [-0.25, -0.2) is 20.4 Å². The molecule has 4 N–H and O–H groups in total. The Morgan fingerprint density at radius 1 is 0.710 bits per heavy atom. The Morgan fingerprint density at radius 3 is 1.48 bits per heavy atom. The van der Waals surface area contributed by atoms with Crippen LogP contribution in [0.25, 0.3) is 0 Å². The summed E-state index contributed by atoms with van der Waals surface area (Å²) >= 11 is 0. The molecule has 31 heavy (non-hydrogen) atoms. The van der Waals surface area contributed by atoms with Crippen molar-refractivity contribution >= 4 is 36.2 Å². The van der Waals surface area contributed by atoms with Crippen molar-refractivity contribution < 1.29 is 29.4 Å². The second-order valence-corrected chi connectivity index (χ2v) is 6.22. The van der Waals surface area contributed by atoms with Crippen molar-refractivity contribution in [3.05, 3.63) is 70.8 Å². The van der Waals surface area contributed by atoms with Gasteiger partial charge in [0, 0.05) is 24.0 Å². The number of carbonyl (C=O) groups is 4. The topological polar surface area (TPSA) is 158 Å². The van der Waals surface area contributed by atoms with Crippen LogP contribution in [0.1, 0.15) is 51.1 Å². The lowest BCUT2D eigenvalue weighted by molar-refractivity contribution is -0.122. The van der Waals surface area contributed by atoms with Crippen molar-refractivity contribution in [1.82, 2.24) is 10.9 Å². The fourth-order valence-electron chi connectivity index (χ4n) is 2.48. The minimum Gasteiger partial charge on any atom is -0.478 e. The van der Waals surface area contributed by atoms with E-state index in [1.54, 1.807) is 36.4 Å². The molecule has 0 fully saturated rings. The minimum absolute atomic E-state index is 0.0247. The maximum absolute atomic E-state index is 11.8. The molecular weight excluding hydrogens is 404 g/mol. The highest BCUT2D eigenvalue weighted by Gasteiger charge is 2.08. The third-order valence-corrected chi connectivity index (χ3v) is 3.98. The van der Waals surface area contributed by atoms with E-state index >= 15 is 0 Å². The van der Waals surface area contributed by atoms with Crippen LogP contribution in [0.3, 0.4) is 0 Å². The third-order valence-electron chi connectivity index (χ3n) is 3.98. The Balaban J connectivity index is 1.73. The molecule has 0 unspecified atom stereocenters. The summed E-state index contributed by atoms with van der Waals surface area (Å²) in [5, 5.41) is 25.6. The molecule has 160 valence electrons. The van der Waals surface area contributed by atoms with Gasteiger partial charge in [0.25, 0.3) is 0 Å². The first-order valence-electron chi connectivity index (χ1n) is 9.17. The van der Waals surface area contributed by atoms with E-state index in [0.717, 1.165) is 0 Å². The molecule has 2 aromatic carbocycles. The van der Waals surface area contributed by atoms with Crippen LogP contribution in [-0.4, -0.2) is 46.4 Å². The van der Waals surface area contributed by atoms with Crippen LogP contribution >= 0.6 is 0 Å². The molecule has 0 aliphatic heterocycles. The van der Waals surface area contributed by atoms with E-state index in [4.69, 9.17) is 10.2 Å². The van der Waals surface area contributed by atoms with Gasteiger partial charge in [0.05, 0.1) is 23.6 Å². The molecule has 0 aliphatic carbocycles. The van der Waals surface area contributed by atoms with Crippen molar-refractivity contribution in [2.75, 3.05) is 0 Å². The maximum atomic E-state index is 11.8. The summed E-state index contributed by atoms with van der Waals surface area (Å²) in [5.41, 5.74) is 5.35. The van der Waals surface area contributed by atoms with Gasteiger partial charge in [0.15, 0.2) is 0 Å². The smallest absolute Gasteiger partial charge is 0.336 e. The first kappa shape index (κ1) is 22.9. The normalized spacial score (nSPS) is 10.8. The number of benzene rings is 2. The number of rotatable bonds is 10. The fourth-order valence-corrected chi connectivity index (χ4v) is 2.48.